The zero-order chi connectivity index (χ0) is 12.9. The molecule has 98 valence electrons. The largest absolute Gasteiger partial charge is 0.384 e. The Balaban J connectivity index is 1.95. The number of β-amino-alcohol motifs (C(OH)–C–C–N with tert-alkyl or cyclic N) is 1. The van der Waals surface area contributed by atoms with Crippen LogP contribution in [-0.4, -0.2) is 28.6 Å². The van der Waals surface area contributed by atoms with Gasteiger partial charge >= 0.3 is 0 Å². The van der Waals surface area contributed by atoms with Crippen molar-refractivity contribution in [3.05, 3.63) is 34.6 Å². The van der Waals surface area contributed by atoms with Crippen LogP contribution in [-0.2, 0) is 5.60 Å². The van der Waals surface area contributed by atoms with E-state index in [2.05, 4.69) is 11.8 Å². The Hall–Kier alpha value is -0.640. The first kappa shape index (κ1) is 12.4. The zero-order valence-corrected chi connectivity index (χ0v) is 11.1. The third-order valence-electron chi connectivity index (χ3n) is 4.09. The third-order valence-corrected chi connectivity index (χ3v) is 4.40. The summed E-state index contributed by atoms with van der Waals surface area (Å²) in [5, 5.41) is 11.1. The Morgan fingerprint density at radius 2 is 2.17 bits per heavy atom. The zero-order valence-electron chi connectivity index (χ0n) is 10.4. The summed E-state index contributed by atoms with van der Waals surface area (Å²) >= 11 is 6.07. The van der Waals surface area contributed by atoms with Crippen LogP contribution < -0.4 is 0 Å². The summed E-state index contributed by atoms with van der Waals surface area (Å²) in [6.45, 7) is 2.57. The fourth-order valence-corrected chi connectivity index (χ4v) is 3.49. The molecule has 0 bridgehead atoms. The summed E-state index contributed by atoms with van der Waals surface area (Å²) in [4.78, 5) is 2.28. The number of hydrogen-bond acceptors (Lipinski definition) is 2. The van der Waals surface area contributed by atoms with Crippen LogP contribution in [0.5, 0.6) is 0 Å². The quantitative estimate of drug-likeness (QED) is 0.892. The van der Waals surface area contributed by atoms with Gasteiger partial charge in [0.25, 0.3) is 0 Å². The lowest BCUT2D eigenvalue weighted by Gasteiger charge is -2.25. The van der Waals surface area contributed by atoms with E-state index in [0.29, 0.717) is 24.0 Å². The minimum atomic E-state index is -1.15. The molecular weight excluding hydrogens is 253 g/mol. The van der Waals surface area contributed by atoms with E-state index in [9.17, 15) is 9.50 Å². The van der Waals surface area contributed by atoms with E-state index in [1.807, 2.05) is 0 Å². The minimum Gasteiger partial charge on any atom is -0.384 e. The lowest BCUT2D eigenvalue weighted by molar-refractivity contribution is 0.0417. The van der Waals surface area contributed by atoms with Crippen molar-refractivity contribution in [2.75, 3.05) is 6.54 Å². The first-order chi connectivity index (χ1) is 8.51. The topological polar surface area (TPSA) is 23.5 Å². The molecule has 2 unspecified atom stereocenters. The van der Waals surface area contributed by atoms with Gasteiger partial charge in [-0.15, -0.1) is 0 Å². The van der Waals surface area contributed by atoms with Crippen molar-refractivity contribution in [1.82, 2.24) is 4.90 Å². The molecule has 1 aromatic rings. The average molecular weight is 270 g/mol. The van der Waals surface area contributed by atoms with E-state index in [4.69, 9.17) is 11.6 Å². The molecule has 0 radical (unpaired) electrons. The Kier molecular flexibility index (Phi) is 2.88. The van der Waals surface area contributed by atoms with E-state index in [0.717, 1.165) is 0 Å². The number of benzene rings is 1. The lowest BCUT2D eigenvalue weighted by Crippen LogP contribution is -2.34. The fraction of sp³-hybridized carbons (Fsp3) is 0.571. The van der Waals surface area contributed by atoms with Crippen LogP contribution in [0, 0.1) is 5.82 Å². The van der Waals surface area contributed by atoms with Gasteiger partial charge in [0.05, 0.1) is 0 Å². The SMILES string of the molecule is CC1CC(O)(c2c(F)cccc2Cl)CN1C1CC1. The van der Waals surface area contributed by atoms with Gasteiger partial charge in [0.15, 0.2) is 0 Å². The number of aliphatic hydroxyl groups is 1. The molecule has 1 aromatic carbocycles. The van der Waals surface area contributed by atoms with Gasteiger partial charge in [-0.1, -0.05) is 17.7 Å². The van der Waals surface area contributed by atoms with E-state index < -0.39 is 11.4 Å². The third kappa shape index (κ3) is 1.94. The molecule has 18 heavy (non-hydrogen) atoms. The Labute approximate surface area is 111 Å². The molecule has 1 saturated carbocycles. The fourth-order valence-electron chi connectivity index (χ4n) is 3.15. The van der Waals surface area contributed by atoms with Gasteiger partial charge < -0.3 is 5.11 Å². The van der Waals surface area contributed by atoms with Crippen LogP contribution in [0.1, 0.15) is 31.7 Å². The standard InChI is InChI=1S/C14H17ClFNO/c1-9-7-14(18,8-17(9)10-5-6-10)13-11(15)3-2-4-12(13)16/h2-4,9-10,18H,5-8H2,1H3. The highest BCUT2D eigenvalue weighted by Gasteiger charge is 2.48. The summed E-state index contributed by atoms with van der Waals surface area (Å²) < 4.78 is 14.0. The maximum atomic E-state index is 14.0. The normalized spacial score (nSPS) is 33.0. The van der Waals surface area contributed by atoms with Crippen molar-refractivity contribution in [2.45, 2.75) is 43.9 Å². The van der Waals surface area contributed by atoms with Gasteiger partial charge in [-0.2, -0.15) is 0 Å². The van der Waals surface area contributed by atoms with Gasteiger partial charge in [0.1, 0.15) is 11.4 Å². The van der Waals surface area contributed by atoms with Gasteiger partial charge in [-0.3, -0.25) is 4.90 Å². The van der Waals surface area contributed by atoms with Gasteiger partial charge in [0, 0.05) is 29.2 Å². The molecule has 2 nitrogen and oxygen atoms in total. The summed E-state index contributed by atoms with van der Waals surface area (Å²) in [6.07, 6.45) is 2.92. The Morgan fingerprint density at radius 1 is 1.44 bits per heavy atom. The maximum Gasteiger partial charge on any atom is 0.130 e. The summed E-state index contributed by atoms with van der Waals surface area (Å²) in [5.74, 6) is -0.408. The lowest BCUT2D eigenvalue weighted by atomic mass is 9.91. The van der Waals surface area contributed by atoms with Crippen LogP contribution in [0.4, 0.5) is 4.39 Å². The van der Waals surface area contributed by atoms with E-state index in [1.165, 1.54) is 18.9 Å². The first-order valence-corrected chi connectivity index (χ1v) is 6.82. The second kappa shape index (κ2) is 4.19. The smallest absolute Gasteiger partial charge is 0.130 e. The van der Waals surface area contributed by atoms with Crippen molar-refractivity contribution in [2.24, 2.45) is 0 Å². The summed E-state index contributed by atoms with van der Waals surface area (Å²) in [5.41, 5.74) is -0.883. The molecular formula is C14H17ClFNO. The van der Waals surface area contributed by atoms with Crippen LogP contribution in [0.3, 0.4) is 0 Å². The molecule has 0 aromatic heterocycles. The highest BCUT2D eigenvalue weighted by molar-refractivity contribution is 6.31. The Morgan fingerprint density at radius 3 is 2.78 bits per heavy atom. The predicted octanol–water partition coefficient (Wildman–Crippen LogP) is 2.92. The second-order valence-corrected chi connectivity index (χ2v) is 5.99. The van der Waals surface area contributed by atoms with Crippen LogP contribution in [0.2, 0.25) is 5.02 Å². The van der Waals surface area contributed by atoms with Gasteiger partial charge in [-0.05, 0) is 38.3 Å². The number of halogens is 2. The van der Waals surface area contributed by atoms with E-state index in [1.54, 1.807) is 12.1 Å². The molecule has 1 aliphatic carbocycles. The molecule has 1 N–H and O–H groups in total. The second-order valence-electron chi connectivity index (χ2n) is 5.58. The average Bonchev–Trinajstić information content (AvgIpc) is 3.05. The van der Waals surface area contributed by atoms with Crippen LogP contribution in [0.15, 0.2) is 18.2 Å². The first-order valence-electron chi connectivity index (χ1n) is 6.44. The molecule has 4 heteroatoms. The summed E-state index contributed by atoms with van der Waals surface area (Å²) in [6, 6.07) is 5.42. The van der Waals surface area contributed by atoms with Crippen LogP contribution >= 0.6 is 11.6 Å². The molecule has 0 spiro atoms. The predicted molar refractivity (Wildman–Crippen MR) is 69.1 cm³/mol. The minimum absolute atomic E-state index is 0.265. The highest BCUT2D eigenvalue weighted by atomic mass is 35.5. The number of hydrogen-bond donors (Lipinski definition) is 1. The molecule has 2 fully saturated rings. The Bertz CT molecular complexity index is 457. The number of rotatable bonds is 2. The number of nitrogens with zero attached hydrogens (tertiary/aromatic N) is 1. The molecule has 1 saturated heterocycles. The maximum absolute atomic E-state index is 14.0. The highest BCUT2D eigenvalue weighted by Crippen LogP contribution is 2.44. The van der Waals surface area contributed by atoms with Crippen LogP contribution in [0.25, 0.3) is 0 Å². The molecule has 3 rings (SSSR count). The number of likely N-dealkylation sites (tertiary alicyclic amines) is 1. The van der Waals surface area contributed by atoms with E-state index >= 15 is 0 Å². The van der Waals surface area contributed by atoms with Crippen molar-refractivity contribution >= 4 is 11.6 Å². The molecule has 2 atom stereocenters. The molecule has 2 aliphatic rings. The van der Waals surface area contributed by atoms with Crippen molar-refractivity contribution in [1.29, 1.82) is 0 Å². The molecule has 1 heterocycles. The van der Waals surface area contributed by atoms with Crippen molar-refractivity contribution in [3.8, 4) is 0 Å². The van der Waals surface area contributed by atoms with Crippen molar-refractivity contribution in [3.63, 3.8) is 0 Å². The monoisotopic (exact) mass is 269 g/mol. The summed E-state index contributed by atoms with van der Waals surface area (Å²) in [7, 11) is 0. The van der Waals surface area contributed by atoms with Gasteiger partial charge in [-0.25, -0.2) is 4.39 Å². The van der Waals surface area contributed by atoms with Gasteiger partial charge in [0.2, 0.25) is 0 Å². The van der Waals surface area contributed by atoms with E-state index in [-0.39, 0.29) is 11.6 Å². The molecule has 0 amide bonds. The molecule has 1 aliphatic heterocycles. The van der Waals surface area contributed by atoms with Crippen molar-refractivity contribution < 1.29 is 9.50 Å².